The van der Waals surface area contributed by atoms with Crippen molar-refractivity contribution < 1.29 is 9.47 Å². The summed E-state index contributed by atoms with van der Waals surface area (Å²) >= 11 is 11.6. The maximum atomic E-state index is 5.93. The lowest BCUT2D eigenvalue weighted by molar-refractivity contribution is 0.220. The van der Waals surface area contributed by atoms with Gasteiger partial charge in [0.25, 0.3) is 0 Å². The van der Waals surface area contributed by atoms with E-state index in [4.69, 9.17) is 38.4 Å². The second-order valence-corrected chi connectivity index (χ2v) is 5.16. The Balaban J connectivity index is 1.73. The molecule has 0 aromatic heterocycles. The smallest absolute Gasteiger partial charge is 0.119 e. The molecule has 20 heavy (non-hydrogen) atoms. The van der Waals surface area contributed by atoms with E-state index < -0.39 is 0 Å². The Bertz CT molecular complexity index is 479. The van der Waals surface area contributed by atoms with Crippen LogP contribution in [0.5, 0.6) is 11.5 Å². The molecule has 0 atom stereocenters. The average molecular weight is 312 g/mol. The molecule has 5 heteroatoms. The van der Waals surface area contributed by atoms with Crippen LogP contribution < -0.4 is 15.2 Å². The number of hydrogen-bond acceptors (Lipinski definition) is 3. The van der Waals surface area contributed by atoms with Crippen LogP contribution in [0.3, 0.4) is 0 Å². The number of halogens is 2. The van der Waals surface area contributed by atoms with E-state index in [0.717, 1.165) is 11.5 Å². The molecule has 3 nitrogen and oxygen atoms in total. The number of benzene rings is 2. The summed E-state index contributed by atoms with van der Waals surface area (Å²) in [7, 11) is 0. The molecule has 0 fully saturated rings. The fraction of sp³-hybridized carbons (Fsp3) is 0.200. The highest BCUT2D eigenvalue weighted by Gasteiger charge is 2.05. The Labute approximate surface area is 128 Å². The Morgan fingerprint density at radius 2 is 1.10 bits per heavy atom. The highest BCUT2D eigenvalue weighted by atomic mass is 35.5. The number of ether oxygens (including phenoxy) is 2. The third kappa shape index (κ3) is 4.93. The van der Waals surface area contributed by atoms with Gasteiger partial charge in [0.15, 0.2) is 0 Å². The molecule has 106 valence electrons. The van der Waals surface area contributed by atoms with E-state index in [1.54, 1.807) is 48.5 Å². The van der Waals surface area contributed by atoms with Crippen molar-refractivity contribution in [2.24, 2.45) is 5.73 Å². The van der Waals surface area contributed by atoms with Crippen LogP contribution in [-0.4, -0.2) is 19.3 Å². The zero-order chi connectivity index (χ0) is 14.4. The van der Waals surface area contributed by atoms with Gasteiger partial charge in [-0.05, 0) is 48.5 Å². The van der Waals surface area contributed by atoms with Gasteiger partial charge in [0.1, 0.15) is 24.7 Å². The van der Waals surface area contributed by atoms with Crippen LogP contribution >= 0.6 is 23.2 Å². The van der Waals surface area contributed by atoms with Gasteiger partial charge in [-0.3, -0.25) is 0 Å². The summed E-state index contributed by atoms with van der Waals surface area (Å²) in [5.74, 6) is 1.47. The molecule has 0 radical (unpaired) electrons. The van der Waals surface area contributed by atoms with Gasteiger partial charge >= 0.3 is 0 Å². The van der Waals surface area contributed by atoms with Gasteiger partial charge in [0.05, 0.1) is 6.04 Å². The first-order valence-corrected chi connectivity index (χ1v) is 6.91. The van der Waals surface area contributed by atoms with E-state index in [-0.39, 0.29) is 6.04 Å². The summed E-state index contributed by atoms with van der Waals surface area (Å²) in [6, 6.07) is 14.1. The zero-order valence-corrected chi connectivity index (χ0v) is 12.3. The van der Waals surface area contributed by atoms with Crippen LogP contribution in [0.15, 0.2) is 48.5 Å². The quantitative estimate of drug-likeness (QED) is 0.883. The van der Waals surface area contributed by atoms with Gasteiger partial charge in [-0.1, -0.05) is 23.2 Å². The van der Waals surface area contributed by atoms with E-state index in [1.807, 2.05) is 0 Å². The molecule has 0 amide bonds. The first kappa shape index (κ1) is 15.0. The molecular formula is C15H15Cl2NO2. The Morgan fingerprint density at radius 3 is 1.45 bits per heavy atom. The maximum Gasteiger partial charge on any atom is 0.119 e. The van der Waals surface area contributed by atoms with Crippen LogP contribution in [0.1, 0.15) is 0 Å². The molecule has 2 rings (SSSR count). The van der Waals surface area contributed by atoms with E-state index >= 15 is 0 Å². The number of nitrogens with two attached hydrogens (primary N) is 1. The molecule has 0 heterocycles. The molecule has 2 N–H and O–H groups in total. The predicted octanol–water partition coefficient (Wildman–Crippen LogP) is 3.78. The van der Waals surface area contributed by atoms with Crippen molar-refractivity contribution in [3.63, 3.8) is 0 Å². The lowest BCUT2D eigenvalue weighted by Gasteiger charge is -2.14. The minimum atomic E-state index is -0.221. The molecule has 0 aliphatic carbocycles. The molecule has 0 unspecified atom stereocenters. The zero-order valence-electron chi connectivity index (χ0n) is 10.8. The standard InChI is InChI=1S/C15H15Cl2NO2/c16-11-1-5-14(6-2-11)19-9-13(18)10-20-15-7-3-12(17)4-8-15/h1-8,13H,9-10,18H2. The highest BCUT2D eigenvalue weighted by molar-refractivity contribution is 6.30. The van der Waals surface area contributed by atoms with Crippen LogP contribution in [0.25, 0.3) is 0 Å². The predicted molar refractivity (Wildman–Crippen MR) is 81.9 cm³/mol. The third-order valence-corrected chi connectivity index (χ3v) is 3.06. The van der Waals surface area contributed by atoms with E-state index in [9.17, 15) is 0 Å². The Hall–Kier alpha value is -1.42. The average Bonchev–Trinajstić information content (AvgIpc) is 2.46. The Kier molecular flexibility index (Phi) is 5.53. The number of hydrogen-bond donors (Lipinski definition) is 1. The molecule has 0 bridgehead atoms. The van der Waals surface area contributed by atoms with Gasteiger partial charge in [0, 0.05) is 10.0 Å². The SMILES string of the molecule is NC(COc1ccc(Cl)cc1)COc1ccc(Cl)cc1. The molecule has 0 saturated heterocycles. The normalized spacial score (nSPS) is 10.6. The van der Waals surface area contributed by atoms with Crippen LogP contribution in [0.4, 0.5) is 0 Å². The van der Waals surface area contributed by atoms with Crippen LogP contribution in [0.2, 0.25) is 10.0 Å². The molecular weight excluding hydrogens is 297 g/mol. The van der Waals surface area contributed by atoms with E-state index in [0.29, 0.717) is 23.3 Å². The van der Waals surface area contributed by atoms with Gasteiger partial charge in [0.2, 0.25) is 0 Å². The third-order valence-electron chi connectivity index (χ3n) is 2.56. The molecule has 2 aromatic carbocycles. The van der Waals surface area contributed by atoms with Crippen molar-refractivity contribution >= 4 is 23.2 Å². The lowest BCUT2D eigenvalue weighted by Crippen LogP contribution is -2.34. The van der Waals surface area contributed by atoms with Gasteiger partial charge < -0.3 is 15.2 Å². The fourth-order valence-corrected chi connectivity index (χ4v) is 1.77. The summed E-state index contributed by atoms with van der Waals surface area (Å²) in [4.78, 5) is 0. The molecule has 0 aliphatic heterocycles. The molecule has 2 aromatic rings. The monoisotopic (exact) mass is 311 g/mol. The van der Waals surface area contributed by atoms with Crippen molar-refractivity contribution in [1.82, 2.24) is 0 Å². The topological polar surface area (TPSA) is 44.5 Å². The summed E-state index contributed by atoms with van der Waals surface area (Å²) in [6.07, 6.45) is 0. The second kappa shape index (κ2) is 7.39. The maximum absolute atomic E-state index is 5.93. The van der Waals surface area contributed by atoms with Crippen LogP contribution in [-0.2, 0) is 0 Å². The fourth-order valence-electron chi connectivity index (χ4n) is 1.52. The first-order valence-electron chi connectivity index (χ1n) is 6.16. The summed E-state index contributed by atoms with van der Waals surface area (Å²) < 4.78 is 11.1. The lowest BCUT2D eigenvalue weighted by atomic mass is 10.3. The van der Waals surface area contributed by atoms with Crippen molar-refractivity contribution in [2.75, 3.05) is 13.2 Å². The summed E-state index contributed by atoms with van der Waals surface area (Å²) in [5, 5.41) is 1.35. The minimum Gasteiger partial charge on any atom is -0.492 e. The van der Waals surface area contributed by atoms with Gasteiger partial charge in [-0.25, -0.2) is 0 Å². The van der Waals surface area contributed by atoms with E-state index in [1.165, 1.54) is 0 Å². The molecule has 0 saturated carbocycles. The molecule has 0 aliphatic rings. The summed E-state index contributed by atoms with van der Waals surface area (Å²) in [5.41, 5.74) is 5.93. The second-order valence-electron chi connectivity index (χ2n) is 4.29. The van der Waals surface area contributed by atoms with Crippen molar-refractivity contribution in [2.45, 2.75) is 6.04 Å². The summed E-state index contributed by atoms with van der Waals surface area (Å²) in [6.45, 7) is 0.741. The van der Waals surface area contributed by atoms with Gasteiger partial charge in [-0.2, -0.15) is 0 Å². The van der Waals surface area contributed by atoms with Crippen LogP contribution in [0, 0.1) is 0 Å². The Morgan fingerprint density at radius 1 is 0.750 bits per heavy atom. The number of rotatable bonds is 6. The molecule has 0 spiro atoms. The highest BCUT2D eigenvalue weighted by Crippen LogP contribution is 2.17. The largest absolute Gasteiger partial charge is 0.492 e. The van der Waals surface area contributed by atoms with Gasteiger partial charge in [-0.15, -0.1) is 0 Å². The van der Waals surface area contributed by atoms with Crippen molar-refractivity contribution in [3.8, 4) is 11.5 Å². The van der Waals surface area contributed by atoms with Crippen molar-refractivity contribution in [1.29, 1.82) is 0 Å². The minimum absolute atomic E-state index is 0.221. The van der Waals surface area contributed by atoms with E-state index in [2.05, 4.69) is 0 Å². The first-order chi connectivity index (χ1) is 9.63. The van der Waals surface area contributed by atoms with Crippen molar-refractivity contribution in [3.05, 3.63) is 58.6 Å².